The van der Waals surface area contributed by atoms with Crippen molar-refractivity contribution >= 4 is 17.4 Å². The van der Waals surface area contributed by atoms with Crippen LogP contribution in [0.3, 0.4) is 0 Å². The molecule has 1 atom stereocenters. The molecule has 5 aliphatic rings. The summed E-state index contributed by atoms with van der Waals surface area (Å²) in [7, 11) is 0. The summed E-state index contributed by atoms with van der Waals surface area (Å²) in [6, 6.07) is 0.277. The zero-order valence-electron chi connectivity index (χ0n) is 19.4. The molecular weight excluding hydrogens is 404 g/mol. The third kappa shape index (κ3) is 3.77. The molecule has 0 radical (unpaired) electrons. The second-order valence-electron chi connectivity index (χ2n) is 11.2. The molecule has 0 spiro atoms. The first-order chi connectivity index (χ1) is 15.4. The van der Waals surface area contributed by atoms with Crippen LogP contribution in [0.4, 0.5) is 11.5 Å². The van der Waals surface area contributed by atoms with Crippen LogP contribution in [0.15, 0.2) is 0 Å². The van der Waals surface area contributed by atoms with Gasteiger partial charge < -0.3 is 25.0 Å². The summed E-state index contributed by atoms with van der Waals surface area (Å²) in [4.78, 5) is 22.8. The van der Waals surface area contributed by atoms with Crippen molar-refractivity contribution in [1.29, 1.82) is 0 Å². The zero-order chi connectivity index (χ0) is 22.0. The lowest BCUT2D eigenvalue weighted by atomic mass is 9.89. The Hall–Kier alpha value is -1.86. The summed E-state index contributed by atoms with van der Waals surface area (Å²) < 4.78 is 11.4. The number of piperazine rings is 1. The van der Waals surface area contributed by atoms with E-state index in [1.807, 2.05) is 0 Å². The predicted octanol–water partition coefficient (Wildman–Crippen LogP) is 2.86. The highest BCUT2D eigenvalue weighted by Gasteiger charge is 2.43. The Morgan fingerprint density at radius 3 is 2.59 bits per heavy atom. The van der Waals surface area contributed by atoms with Crippen molar-refractivity contribution < 1.29 is 14.3 Å². The number of amides is 1. The standard InChI is InChI=1S/C25H36N4O3/c1-25(2)10-18-19(14-32-25)23(17-5-6-17)27-24(22(18)26)28-7-8-29(20(11-28)16-3-4-16)21(30)9-15-12-31-13-15/h15-17,20H,3-14,26H2,1-2H3/t20-/m0/s1. The van der Waals surface area contributed by atoms with E-state index in [9.17, 15) is 4.79 Å². The number of fused-ring (bicyclic) bond motifs is 1. The van der Waals surface area contributed by atoms with Crippen molar-refractivity contribution in [3.8, 4) is 0 Å². The summed E-state index contributed by atoms with van der Waals surface area (Å²) in [5.74, 6) is 2.84. The molecule has 3 aliphatic heterocycles. The van der Waals surface area contributed by atoms with Gasteiger partial charge in [-0.05, 0) is 51.0 Å². The van der Waals surface area contributed by atoms with Crippen molar-refractivity contribution in [2.75, 3.05) is 43.5 Å². The van der Waals surface area contributed by atoms with E-state index in [1.165, 1.54) is 42.5 Å². The first-order valence-electron chi connectivity index (χ1n) is 12.5. The molecule has 7 heteroatoms. The number of aromatic nitrogens is 1. The molecule has 2 saturated heterocycles. The second kappa shape index (κ2) is 7.59. The van der Waals surface area contributed by atoms with Gasteiger partial charge in [0.25, 0.3) is 0 Å². The topological polar surface area (TPSA) is 80.9 Å². The predicted molar refractivity (Wildman–Crippen MR) is 123 cm³/mol. The van der Waals surface area contributed by atoms with Crippen LogP contribution in [0, 0.1) is 11.8 Å². The van der Waals surface area contributed by atoms with Crippen LogP contribution in [0.5, 0.6) is 0 Å². The fourth-order valence-corrected chi connectivity index (χ4v) is 5.70. The van der Waals surface area contributed by atoms with Crippen molar-refractivity contribution in [1.82, 2.24) is 9.88 Å². The fraction of sp³-hybridized carbons (Fsp3) is 0.760. The number of anilines is 2. The number of nitrogens with zero attached hydrogens (tertiary/aromatic N) is 3. The van der Waals surface area contributed by atoms with E-state index in [4.69, 9.17) is 20.2 Å². The molecule has 0 aromatic carbocycles. The van der Waals surface area contributed by atoms with Crippen molar-refractivity contribution in [2.24, 2.45) is 11.8 Å². The molecule has 0 bridgehead atoms. The van der Waals surface area contributed by atoms with E-state index < -0.39 is 0 Å². The number of carbonyl (C=O) groups excluding carboxylic acids is 1. The lowest BCUT2D eigenvalue weighted by molar-refractivity contribution is -0.139. The third-order valence-corrected chi connectivity index (χ3v) is 8.01. The Labute approximate surface area is 190 Å². The Morgan fingerprint density at radius 1 is 1.16 bits per heavy atom. The normalized spacial score (nSPS) is 27.8. The van der Waals surface area contributed by atoms with Gasteiger partial charge in [-0.3, -0.25) is 4.79 Å². The van der Waals surface area contributed by atoms with Gasteiger partial charge >= 0.3 is 0 Å². The summed E-state index contributed by atoms with van der Waals surface area (Å²) in [5.41, 5.74) is 11.2. The Kier molecular flexibility index (Phi) is 4.92. The maximum absolute atomic E-state index is 13.1. The van der Waals surface area contributed by atoms with Crippen LogP contribution < -0.4 is 10.6 Å². The van der Waals surface area contributed by atoms with E-state index in [-0.39, 0.29) is 11.6 Å². The van der Waals surface area contributed by atoms with Crippen LogP contribution in [-0.4, -0.2) is 60.3 Å². The summed E-state index contributed by atoms with van der Waals surface area (Å²) >= 11 is 0. The number of pyridine rings is 1. The molecule has 4 fully saturated rings. The van der Waals surface area contributed by atoms with Gasteiger partial charge in [-0.2, -0.15) is 0 Å². The van der Waals surface area contributed by atoms with Gasteiger partial charge in [0.2, 0.25) is 5.91 Å². The molecule has 0 unspecified atom stereocenters. The molecule has 1 amide bonds. The van der Waals surface area contributed by atoms with Crippen molar-refractivity contribution in [2.45, 2.75) is 76.5 Å². The first kappa shape index (κ1) is 20.7. The van der Waals surface area contributed by atoms with Crippen LogP contribution in [0.1, 0.15) is 68.7 Å². The minimum Gasteiger partial charge on any atom is -0.395 e. The van der Waals surface area contributed by atoms with E-state index in [0.29, 0.717) is 36.7 Å². The minimum atomic E-state index is -0.201. The highest BCUT2D eigenvalue weighted by Crippen LogP contribution is 2.47. The van der Waals surface area contributed by atoms with Crippen LogP contribution in [0.2, 0.25) is 0 Å². The molecule has 2 saturated carbocycles. The molecule has 4 heterocycles. The maximum Gasteiger partial charge on any atom is 0.223 e. The first-order valence-corrected chi connectivity index (χ1v) is 12.5. The number of carbonyl (C=O) groups is 1. The number of nitrogen functional groups attached to an aromatic ring is 1. The lowest BCUT2D eigenvalue weighted by Crippen LogP contribution is -2.57. The van der Waals surface area contributed by atoms with Crippen LogP contribution in [-0.2, 0) is 27.3 Å². The Bertz CT molecular complexity index is 920. The zero-order valence-corrected chi connectivity index (χ0v) is 19.4. The van der Waals surface area contributed by atoms with Crippen LogP contribution >= 0.6 is 0 Å². The number of hydrogen-bond acceptors (Lipinski definition) is 6. The molecule has 1 aromatic rings. The Morgan fingerprint density at radius 2 is 1.94 bits per heavy atom. The largest absolute Gasteiger partial charge is 0.395 e. The molecule has 7 nitrogen and oxygen atoms in total. The van der Waals surface area contributed by atoms with E-state index in [1.54, 1.807) is 0 Å². The average molecular weight is 441 g/mol. The van der Waals surface area contributed by atoms with Gasteiger partial charge in [0.15, 0.2) is 5.82 Å². The minimum absolute atomic E-state index is 0.201. The molecule has 1 aromatic heterocycles. The molecule has 2 N–H and O–H groups in total. The van der Waals surface area contributed by atoms with Gasteiger partial charge in [-0.25, -0.2) is 4.98 Å². The molecule has 2 aliphatic carbocycles. The third-order valence-electron chi connectivity index (χ3n) is 8.01. The lowest BCUT2D eigenvalue weighted by Gasteiger charge is -2.44. The van der Waals surface area contributed by atoms with Crippen molar-refractivity contribution in [3.05, 3.63) is 16.8 Å². The molecular formula is C25H36N4O3. The Balaban J connectivity index is 1.28. The fourth-order valence-electron chi connectivity index (χ4n) is 5.70. The number of hydrogen-bond donors (Lipinski definition) is 1. The summed E-state index contributed by atoms with van der Waals surface area (Å²) in [5, 5.41) is 0. The SMILES string of the molecule is CC1(C)Cc2c(N)c(N3CCN(C(=O)CC4COC4)[C@H](C4CC4)C3)nc(C3CC3)c2CO1. The van der Waals surface area contributed by atoms with E-state index in [0.717, 1.165) is 50.8 Å². The monoisotopic (exact) mass is 440 g/mol. The van der Waals surface area contributed by atoms with Gasteiger partial charge in [0, 0.05) is 49.9 Å². The van der Waals surface area contributed by atoms with E-state index in [2.05, 4.69) is 23.6 Å². The number of nitrogens with two attached hydrogens (primary N) is 1. The van der Waals surface area contributed by atoms with Gasteiger partial charge in [-0.1, -0.05) is 0 Å². The summed E-state index contributed by atoms with van der Waals surface area (Å²) in [6.07, 6.45) is 6.33. The highest BCUT2D eigenvalue weighted by atomic mass is 16.5. The van der Waals surface area contributed by atoms with E-state index >= 15 is 0 Å². The number of rotatable bonds is 5. The highest BCUT2D eigenvalue weighted by molar-refractivity contribution is 5.78. The second-order valence-corrected chi connectivity index (χ2v) is 11.2. The smallest absolute Gasteiger partial charge is 0.223 e. The van der Waals surface area contributed by atoms with Gasteiger partial charge in [0.1, 0.15) is 0 Å². The maximum atomic E-state index is 13.1. The van der Waals surface area contributed by atoms with Crippen molar-refractivity contribution in [3.63, 3.8) is 0 Å². The quantitative estimate of drug-likeness (QED) is 0.758. The molecule has 6 rings (SSSR count). The molecule has 32 heavy (non-hydrogen) atoms. The number of ether oxygens (including phenoxy) is 2. The molecule has 174 valence electrons. The van der Waals surface area contributed by atoms with Crippen LogP contribution in [0.25, 0.3) is 0 Å². The average Bonchev–Trinajstić information content (AvgIpc) is 3.63. The van der Waals surface area contributed by atoms with Gasteiger partial charge in [0.05, 0.1) is 42.8 Å². The summed E-state index contributed by atoms with van der Waals surface area (Å²) in [6.45, 7) is 8.79. The van der Waals surface area contributed by atoms with Gasteiger partial charge in [-0.15, -0.1) is 0 Å².